The fourth-order valence-corrected chi connectivity index (χ4v) is 3.35. The smallest absolute Gasteiger partial charge is 0.251 e. The van der Waals surface area contributed by atoms with Gasteiger partial charge < -0.3 is 5.32 Å². The molecule has 0 aliphatic carbocycles. The molecule has 1 amide bonds. The average Bonchev–Trinajstić information content (AvgIpc) is 2.87. The van der Waals surface area contributed by atoms with Crippen LogP contribution in [0.5, 0.6) is 0 Å². The zero-order chi connectivity index (χ0) is 15.0. The zero-order valence-corrected chi connectivity index (χ0v) is 11.5. The van der Waals surface area contributed by atoms with Gasteiger partial charge in [-0.2, -0.15) is 0 Å². The maximum atomic E-state index is 13.2. The van der Waals surface area contributed by atoms with Crippen molar-refractivity contribution in [3.8, 4) is 0 Å². The van der Waals surface area contributed by atoms with Crippen LogP contribution in [0.4, 0.5) is 13.2 Å². The topological polar surface area (TPSA) is 32.3 Å². The van der Waals surface area contributed by atoms with E-state index in [1.807, 2.05) is 0 Å². The summed E-state index contributed by atoms with van der Waals surface area (Å²) in [5.74, 6) is -4.78. The van der Waals surface area contributed by atoms with E-state index >= 15 is 0 Å². The van der Waals surface area contributed by atoms with Gasteiger partial charge in [-0.25, -0.2) is 13.2 Å². The number of carbonyl (C=O) groups excluding carboxylic acids is 1. The molecule has 0 radical (unpaired) electrons. The highest BCUT2D eigenvalue weighted by Crippen LogP contribution is 2.27. The lowest BCUT2D eigenvalue weighted by molar-refractivity contribution is 0.0914. The predicted molar refractivity (Wildman–Crippen MR) is 71.4 cm³/mol. The van der Waals surface area contributed by atoms with Gasteiger partial charge in [-0.15, -0.1) is 0 Å². The Morgan fingerprint density at radius 2 is 1.81 bits per heavy atom. The molecule has 3 nitrogen and oxygen atoms in total. The van der Waals surface area contributed by atoms with Crippen LogP contribution in [0.3, 0.4) is 0 Å². The molecule has 0 saturated carbocycles. The van der Waals surface area contributed by atoms with Crippen molar-refractivity contribution in [1.29, 1.82) is 0 Å². The third-order valence-corrected chi connectivity index (χ3v) is 4.42. The summed E-state index contributed by atoms with van der Waals surface area (Å²) in [7, 11) is 0. The number of nitrogens with zero attached hydrogens (tertiary/aromatic N) is 1. The van der Waals surface area contributed by atoms with Crippen LogP contribution in [0.1, 0.15) is 36.0 Å². The molecule has 2 aliphatic rings. The van der Waals surface area contributed by atoms with E-state index in [1.54, 1.807) is 0 Å². The second-order valence-electron chi connectivity index (χ2n) is 5.72. The van der Waals surface area contributed by atoms with Crippen LogP contribution in [0.25, 0.3) is 0 Å². The van der Waals surface area contributed by atoms with Gasteiger partial charge in [-0.3, -0.25) is 9.69 Å². The number of hydrogen-bond acceptors (Lipinski definition) is 2. The molecule has 6 heteroatoms. The summed E-state index contributed by atoms with van der Waals surface area (Å²) in [6.45, 7) is 1.97. The minimum atomic E-state index is -1.55. The van der Waals surface area contributed by atoms with Gasteiger partial charge >= 0.3 is 0 Å². The van der Waals surface area contributed by atoms with E-state index in [4.69, 9.17) is 0 Å². The maximum Gasteiger partial charge on any atom is 0.251 e. The van der Waals surface area contributed by atoms with Crippen molar-refractivity contribution in [2.24, 2.45) is 0 Å². The van der Waals surface area contributed by atoms with Crippen LogP contribution in [-0.2, 0) is 0 Å². The van der Waals surface area contributed by atoms with Crippen LogP contribution in [-0.4, -0.2) is 36.0 Å². The number of amides is 1. The van der Waals surface area contributed by atoms with E-state index in [-0.39, 0.29) is 11.6 Å². The molecule has 0 bridgehead atoms. The highest BCUT2D eigenvalue weighted by molar-refractivity contribution is 5.94. The minimum absolute atomic E-state index is 0.00558. The van der Waals surface area contributed by atoms with Crippen LogP contribution in [0.2, 0.25) is 0 Å². The van der Waals surface area contributed by atoms with Crippen molar-refractivity contribution < 1.29 is 18.0 Å². The van der Waals surface area contributed by atoms with E-state index < -0.39 is 23.4 Å². The molecule has 0 aromatic heterocycles. The number of halogens is 3. The summed E-state index contributed by atoms with van der Waals surface area (Å²) < 4.78 is 39.3. The molecular formula is C15H17F3N2O. The van der Waals surface area contributed by atoms with E-state index in [0.29, 0.717) is 6.04 Å². The van der Waals surface area contributed by atoms with Crippen LogP contribution in [0.15, 0.2) is 12.1 Å². The van der Waals surface area contributed by atoms with Crippen molar-refractivity contribution >= 4 is 5.91 Å². The first-order valence-electron chi connectivity index (χ1n) is 7.25. The summed E-state index contributed by atoms with van der Waals surface area (Å²) >= 11 is 0. The Kier molecular flexibility index (Phi) is 3.89. The molecule has 2 heterocycles. The van der Waals surface area contributed by atoms with E-state index in [0.717, 1.165) is 44.5 Å². The highest BCUT2D eigenvalue weighted by atomic mass is 19.2. The summed E-state index contributed by atoms with van der Waals surface area (Å²) in [5.41, 5.74) is -0.180. The Balaban J connectivity index is 1.72. The molecule has 2 aliphatic heterocycles. The molecule has 1 aromatic carbocycles. The van der Waals surface area contributed by atoms with Gasteiger partial charge in [0.15, 0.2) is 17.5 Å². The standard InChI is InChI=1S/C15H17F3N2O/c16-10-7-9(8-11(17)14(10)18)15(21)19-12-4-6-20-5-2-1-3-13(12)20/h7-8,12-13H,1-6H2,(H,19,21). The number of rotatable bonds is 2. The van der Waals surface area contributed by atoms with Crippen LogP contribution < -0.4 is 5.32 Å². The number of carbonyl (C=O) groups is 1. The minimum Gasteiger partial charge on any atom is -0.348 e. The van der Waals surface area contributed by atoms with Crippen molar-refractivity contribution in [2.45, 2.75) is 37.8 Å². The Morgan fingerprint density at radius 3 is 2.52 bits per heavy atom. The number of piperidine rings is 1. The highest BCUT2D eigenvalue weighted by Gasteiger charge is 2.36. The van der Waals surface area contributed by atoms with Gasteiger partial charge in [0.05, 0.1) is 0 Å². The fraction of sp³-hybridized carbons (Fsp3) is 0.533. The molecule has 2 unspecified atom stereocenters. The lowest BCUT2D eigenvalue weighted by Crippen LogP contribution is -2.46. The lowest BCUT2D eigenvalue weighted by Gasteiger charge is -2.32. The number of hydrogen-bond donors (Lipinski definition) is 1. The molecule has 2 atom stereocenters. The number of benzene rings is 1. The first kappa shape index (κ1) is 14.4. The summed E-state index contributed by atoms with van der Waals surface area (Å²) in [4.78, 5) is 14.5. The third-order valence-electron chi connectivity index (χ3n) is 4.42. The Morgan fingerprint density at radius 1 is 1.10 bits per heavy atom. The van der Waals surface area contributed by atoms with Crippen LogP contribution in [0, 0.1) is 17.5 Å². The molecule has 2 fully saturated rings. The monoisotopic (exact) mass is 298 g/mol. The Bertz CT molecular complexity index is 541. The SMILES string of the molecule is O=C(NC1CCN2CCCCC12)c1cc(F)c(F)c(F)c1. The molecule has 2 saturated heterocycles. The van der Waals surface area contributed by atoms with Crippen molar-refractivity contribution in [3.63, 3.8) is 0 Å². The van der Waals surface area contributed by atoms with Gasteiger partial charge in [0.2, 0.25) is 0 Å². The Labute approximate surface area is 121 Å². The quantitative estimate of drug-likeness (QED) is 0.851. The lowest BCUT2D eigenvalue weighted by atomic mass is 9.99. The second kappa shape index (κ2) is 5.67. The maximum absolute atomic E-state index is 13.2. The van der Waals surface area contributed by atoms with Gasteiger partial charge in [-0.05, 0) is 37.9 Å². The average molecular weight is 298 g/mol. The first-order valence-corrected chi connectivity index (χ1v) is 7.25. The van der Waals surface area contributed by atoms with Crippen molar-refractivity contribution in [2.75, 3.05) is 13.1 Å². The van der Waals surface area contributed by atoms with E-state index in [2.05, 4.69) is 10.2 Å². The zero-order valence-electron chi connectivity index (χ0n) is 11.5. The number of fused-ring (bicyclic) bond motifs is 1. The van der Waals surface area contributed by atoms with E-state index in [1.165, 1.54) is 6.42 Å². The summed E-state index contributed by atoms with van der Waals surface area (Å²) in [6, 6.07) is 1.77. The fourth-order valence-electron chi connectivity index (χ4n) is 3.35. The summed E-state index contributed by atoms with van der Waals surface area (Å²) in [5, 5.41) is 2.83. The van der Waals surface area contributed by atoms with Crippen LogP contribution >= 0.6 is 0 Å². The Hall–Kier alpha value is -1.56. The number of nitrogens with one attached hydrogen (secondary N) is 1. The molecule has 1 aromatic rings. The normalized spacial score (nSPS) is 25.7. The molecule has 1 N–H and O–H groups in total. The summed E-state index contributed by atoms with van der Waals surface area (Å²) in [6.07, 6.45) is 4.17. The van der Waals surface area contributed by atoms with Gasteiger partial charge in [0, 0.05) is 24.2 Å². The molecule has 114 valence electrons. The second-order valence-corrected chi connectivity index (χ2v) is 5.72. The molecule has 3 rings (SSSR count). The first-order chi connectivity index (χ1) is 10.1. The van der Waals surface area contributed by atoms with Crippen molar-refractivity contribution in [3.05, 3.63) is 35.1 Å². The molecule has 21 heavy (non-hydrogen) atoms. The largest absolute Gasteiger partial charge is 0.348 e. The van der Waals surface area contributed by atoms with Gasteiger partial charge in [0.25, 0.3) is 5.91 Å². The third kappa shape index (κ3) is 2.77. The van der Waals surface area contributed by atoms with Gasteiger partial charge in [-0.1, -0.05) is 6.42 Å². The molecular weight excluding hydrogens is 281 g/mol. The van der Waals surface area contributed by atoms with E-state index in [9.17, 15) is 18.0 Å². The van der Waals surface area contributed by atoms with Gasteiger partial charge in [0.1, 0.15) is 0 Å². The van der Waals surface area contributed by atoms with Crippen molar-refractivity contribution in [1.82, 2.24) is 10.2 Å². The molecule has 0 spiro atoms. The predicted octanol–water partition coefficient (Wildman–Crippen LogP) is 2.46.